The van der Waals surface area contributed by atoms with Crippen LogP contribution in [0.15, 0.2) is 0 Å². The third kappa shape index (κ3) is 0.811. The van der Waals surface area contributed by atoms with Gasteiger partial charge in [0.25, 0.3) is 0 Å². The van der Waals surface area contributed by atoms with Crippen molar-refractivity contribution < 1.29 is 0 Å². The highest BCUT2D eigenvalue weighted by molar-refractivity contribution is 6.31. The first-order valence-electron chi connectivity index (χ1n) is 2.50. The van der Waals surface area contributed by atoms with Crippen molar-refractivity contribution in [3.63, 3.8) is 0 Å². The van der Waals surface area contributed by atoms with Gasteiger partial charge < -0.3 is 0 Å². The second-order valence-electron chi connectivity index (χ2n) is 1.97. The van der Waals surface area contributed by atoms with Crippen LogP contribution in [0.3, 0.4) is 0 Å². The van der Waals surface area contributed by atoms with Gasteiger partial charge >= 0.3 is 0 Å². The molecular formula is C6H6Cl2. The molecule has 0 radical (unpaired) electrons. The Kier molecular flexibility index (Phi) is 1.70. The Labute approximate surface area is 59.2 Å². The minimum Gasteiger partial charge on any atom is -0.121 e. The zero-order valence-corrected chi connectivity index (χ0v) is 5.78. The molecule has 8 heavy (non-hydrogen) atoms. The molecule has 0 nitrogen and oxygen atoms in total. The molecule has 1 saturated carbocycles. The van der Waals surface area contributed by atoms with Gasteiger partial charge in [-0.05, 0) is 6.42 Å². The summed E-state index contributed by atoms with van der Waals surface area (Å²) in [6.07, 6.45) is 5.97. The van der Waals surface area contributed by atoms with Gasteiger partial charge in [-0.3, -0.25) is 0 Å². The highest BCUT2D eigenvalue weighted by atomic mass is 35.5. The number of alkyl halides is 2. The maximum atomic E-state index is 5.69. The fourth-order valence-electron chi connectivity index (χ4n) is 0.719. The number of hydrogen-bond donors (Lipinski definition) is 0. The third-order valence-electron chi connectivity index (χ3n) is 1.42. The highest BCUT2D eigenvalue weighted by Gasteiger charge is 2.36. The first kappa shape index (κ1) is 6.26. The average molecular weight is 149 g/mol. The second-order valence-corrected chi connectivity index (χ2v) is 3.03. The lowest BCUT2D eigenvalue weighted by Crippen LogP contribution is -2.37. The molecule has 0 aromatic rings. The van der Waals surface area contributed by atoms with Gasteiger partial charge in [0.05, 0.1) is 10.8 Å². The molecule has 0 aliphatic heterocycles. The van der Waals surface area contributed by atoms with Crippen LogP contribution in [0.2, 0.25) is 0 Å². The van der Waals surface area contributed by atoms with Crippen molar-refractivity contribution in [2.75, 3.05) is 0 Å². The molecule has 1 fully saturated rings. The molecule has 0 aromatic heterocycles. The number of halogens is 2. The Morgan fingerprint density at radius 1 is 1.50 bits per heavy atom. The topological polar surface area (TPSA) is 0 Å². The monoisotopic (exact) mass is 148 g/mol. The van der Waals surface area contributed by atoms with Crippen LogP contribution in [0.25, 0.3) is 0 Å². The molecule has 0 N–H and O–H groups in total. The summed E-state index contributed by atoms with van der Waals surface area (Å²) in [5.41, 5.74) is 0. The van der Waals surface area contributed by atoms with Gasteiger partial charge in [0, 0.05) is 5.92 Å². The molecule has 44 valence electrons. The van der Waals surface area contributed by atoms with E-state index < -0.39 is 0 Å². The smallest absolute Gasteiger partial charge is 0.0637 e. The van der Waals surface area contributed by atoms with Gasteiger partial charge in [-0.2, -0.15) is 0 Å². The summed E-state index contributed by atoms with van der Waals surface area (Å²) in [5, 5.41) is 0.124. The molecule has 1 aliphatic rings. The predicted molar refractivity (Wildman–Crippen MR) is 36.2 cm³/mol. The van der Waals surface area contributed by atoms with E-state index in [1.807, 2.05) is 0 Å². The minimum absolute atomic E-state index is 0.0154. The molecule has 2 heteroatoms. The van der Waals surface area contributed by atoms with Crippen LogP contribution in [-0.4, -0.2) is 10.8 Å². The van der Waals surface area contributed by atoms with E-state index in [-0.39, 0.29) is 16.7 Å². The quantitative estimate of drug-likeness (QED) is 0.364. The summed E-state index contributed by atoms with van der Waals surface area (Å²) in [5.74, 6) is 2.79. The molecule has 0 aromatic carbocycles. The number of hydrogen-bond acceptors (Lipinski definition) is 0. The van der Waals surface area contributed by atoms with Crippen molar-refractivity contribution in [3.05, 3.63) is 0 Å². The molecule has 0 amide bonds. The standard InChI is InChI=1S/C6H6Cl2/c1-2-4-3-5(7)6(4)8/h1,4-6H,3H2/t4-,5-,6-/m0/s1. The number of terminal acetylenes is 1. The molecule has 0 unspecified atom stereocenters. The van der Waals surface area contributed by atoms with Crippen LogP contribution < -0.4 is 0 Å². The molecule has 1 rings (SSSR count). The fourth-order valence-corrected chi connectivity index (χ4v) is 1.36. The van der Waals surface area contributed by atoms with Gasteiger partial charge in [0.2, 0.25) is 0 Å². The Morgan fingerprint density at radius 2 is 2.12 bits per heavy atom. The molecule has 3 atom stereocenters. The van der Waals surface area contributed by atoms with Gasteiger partial charge in [-0.15, -0.1) is 35.5 Å². The Hall–Kier alpha value is 0.140. The van der Waals surface area contributed by atoms with Crippen LogP contribution in [0, 0.1) is 18.3 Å². The summed E-state index contributed by atoms with van der Waals surface area (Å²) in [7, 11) is 0. The molecular weight excluding hydrogens is 143 g/mol. The normalized spacial score (nSPS) is 44.9. The van der Waals surface area contributed by atoms with Crippen LogP contribution in [0.1, 0.15) is 6.42 Å². The maximum absolute atomic E-state index is 5.69. The van der Waals surface area contributed by atoms with Crippen molar-refractivity contribution in [3.8, 4) is 12.3 Å². The summed E-state index contributed by atoms with van der Waals surface area (Å²) in [6.45, 7) is 0. The van der Waals surface area contributed by atoms with Crippen molar-refractivity contribution in [1.29, 1.82) is 0 Å². The summed E-state index contributed by atoms with van der Waals surface area (Å²) in [4.78, 5) is 0. The van der Waals surface area contributed by atoms with E-state index in [0.717, 1.165) is 6.42 Å². The van der Waals surface area contributed by atoms with E-state index >= 15 is 0 Å². The lowest BCUT2D eigenvalue weighted by molar-refractivity contribution is 0.421. The maximum Gasteiger partial charge on any atom is 0.0637 e. The molecule has 1 aliphatic carbocycles. The van der Waals surface area contributed by atoms with Gasteiger partial charge in [-0.25, -0.2) is 0 Å². The fraction of sp³-hybridized carbons (Fsp3) is 0.667. The average Bonchev–Trinajstić information content (AvgIpc) is 1.81. The highest BCUT2D eigenvalue weighted by Crippen LogP contribution is 2.36. The lowest BCUT2D eigenvalue weighted by Gasteiger charge is -2.32. The Balaban J connectivity index is 2.39. The Morgan fingerprint density at radius 3 is 2.25 bits per heavy atom. The van der Waals surface area contributed by atoms with E-state index in [4.69, 9.17) is 29.6 Å². The Bertz CT molecular complexity index is 125. The van der Waals surface area contributed by atoms with Crippen LogP contribution in [0.4, 0.5) is 0 Å². The molecule has 0 bridgehead atoms. The summed E-state index contributed by atoms with van der Waals surface area (Å²) < 4.78 is 0. The van der Waals surface area contributed by atoms with Crippen molar-refractivity contribution in [1.82, 2.24) is 0 Å². The first-order chi connectivity index (χ1) is 3.75. The van der Waals surface area contributed by atoms with Crippen molar-refractivity contribution >= 4 is 23.2 Å². The minimum atomic E-state index is 0.0154. The largest absolute Gasteiger partial charge is 0.121 e. The zero-order chi connectivity index (χ0) is 6.15. The zero-order valence-electron chi connectivity index (χ0n) is 4.27. The van der Waals surface area contributed by atoms with E-state index in [2.05, 4.69) is 5.92 Å². The summed E-state index contributed by atoms with van der Waals surface area (Å²) in [6, 6.07) is 0. The van der Waals surface area contributed by atoms with Gasteiger partial charge in [0.15, 0.2) is 0 Å². The predicted octanol–water partition coefficient (Wildman–Crippen LogP) is 1.85. The van der Waals surface area contributed by atoms with Crippen molar-refractivity contribution in [2.24, 2.45) is 5.92 Å². The van der Waals surface area contributed by atoms with E-state index in [0.29, 0.717) is 0 Å². The number of rotatable bonds is 0. The van der Waals surface area contributed by atoms with E-state index in [1.165, 1.54) is 0 Å². The third-order valence-corrected chi connectivity index (χ3v) is 2.61. The van der Waals surface area contributed by atoms with Crippen LogP contribution in [-0.2, 0) is 0 Å². The van der Waals surface area contributed by atoms with E-state index in [9.17, 15) is 0 Å². The van der Waals surface area contributed by atoms with Gasteiger partial charge in [0.1, 0.15) is 0 Å². The van der Waals surface area contributed by atoms with Gasteiger partial charge in [-0.1, -0.05) is 0 Å². The molecule has 0 heterocycles. The lowest BCUT2D eigenvalue weighted by atomic mass is 9.85. The summed E-state index contributed by atoms with van der Waals surface area (Å²) >= 11 is 11.3. The second kappa shape index (κ2) is 2.17. The van der Waals surface area contributed by atoms with Crippen LogP contribution in [0.5, 0.6) is 0 Å². The van der Waals surface area contributed by atoms with Crippen molar-refractivity contribution in [2.45, 2.75) is 17.2 Å². The molecule has 0 spiro atoms. The first-order valence-corrected chi connectivity index (χ1v) is 3.37. The van der Waals surface area contributed by atoms with E-state index in [1.54, 1.807) is 0 Å². The van der Waals surface area contributed by atoms with Crippen LogP contribution >= 0.6 is 23.2 Å². The SMILES string of the molecule is C#C[C@H]1C[C@H](Cl)[C@H]1Cl. The molecule has 0 saturated heterocycles.